The van der Waals surface area contributed by atoms with Crippen molar-refractivity contribution in [3.05, 3.63) is 34.9 Å². The molecule has 0 heterocycles. The van der Waals surface area contributed by atoms with Crippen LogP contribution in [0.1, 0.15) is 38.7 Å². The molecule has 0 amide bonds. The van der Waals surface area contributed by atoms with Gasteiger partial charge < -0.3 is 5.73 Å². The number of halogens is 1. The van der Waals surface area contributed by atoms with Crippen LogP contribution in [0, 0.1) is 11.8 Å². The SMILES string of the molecule is CC1CCC(CN)(N(C)Cc2cccc(Cl)c2)CC1C. The van der Waals surface area contributed by atoms with Crippen molar-refractivity contribution in [1.82, 2.24) is 4.90 Å². The lowest BCUT2D eigenvalue weighted by Crippen LogP contribution is -2.55. The van der Waals surface area contributed by atoms with Crippen molar-refractivity contribution < 1.29 is 0 Å². The van der Waals surface area contributed by atoms with Gasteiger partial charge >= 0.3 is 0 Å². The molecule has 2 N–H and O–H groups in total. The van der Waals surface area contributed by atoms with E-state index in [0.717, 1.165) is 29.9 Å². The molecule has 3 atom stereocenters. The summed E-state index contributed by atoms with van der Waals surface area (Å²) in [5.74, 6) is 1.56. The molecule has 112 valence electrons. The van der Waals surface area contributed by atoms with Gasteiger partial charge in [-0.25, -0.2) is 0 Å². The van der Waals surface area contributed by atoms with Crippen molar-refractivity contribution in [3.8, 4) is 0 Å². The van der Waals surface area contributed by atoms with Crippen LogP contribution in [0.2, 0.25) is 5.02 Å². The lowest BCUT2D eigenvalue weighted by atomic mass is 9.70. The zero-order valence-corrected chi connectivity index (χ0v) is 13.7. The topological polar surface area (TPSA) is 29.3 Å². The van der Waals surface area contributed by atoms with Crippen molar-refractivity contribution in [2.75, 3.05) is 13.6 Å². The van der Waals surface area contributed by atoms with Crippen LogP contribution in [0.5, 0.6) is 0 Å². The smallest absolute Gasteiger partial charge is 0.0409 e. The Morgan fingerprint density at radius 1 is 1.35 bits per heavy atom. The summed E-state index contributed by atoms with van der Waals surface area (Å²) in [6.07, 6.45) is 3.67. The van der Waals surface area contributed by atoms with Gasteiger partial charge in [0.2, 0.25) is 0 Å². The van der Waals surface area contributed by atoms with Crippen LogP contribution in [-0.4, -0.2) is 24.0 Å². The third-order valence-corrected chi connectivity index (χ3v) is 5.47. The van der Waals surface area contributed by atoms with Crippen LogP contribution >= 0.6 is 11.6 Å². The first-order valence-electron chi connectivity index (χ1n) is 7.62. The minimum atomic E-state index is 0.147. The van der Waals surface area contributed by atoms with E-state index in [1.165, 1.54) is 24.8 Å². The summed E-state index contributed by atoms with van der Waals surface area (Å²) in [6.45, 7) is 6.38. The maximum Gasteiger partial charge on any atom is 0.0409 e. The number of nitrogens with two attached hydrogens (primary N) is 1. The molecule has 0 aliphatic heterocycles. The third kappa shape index (κ3) is 3.36. The van der Waals surface area contributed by atoms with E-state index in [9.17, 15) is 0 Å². The first kappa shape index (κ1) is 15.8. The number of rotatable bonds is 4. The summed E-state index contributed by atoms with van der Waals surface area (Å²) >= 11 is 6.08. The molecule has 0 radical (unpaired) electrons. The summed E-state index contributed by atoms with van der Waals surface area (Å²) in [4.78, 5) is 2.45. The van der Waals surface area contributed by atoms with Crippen LogP contribution < -0.4 is 5.73 Å². The third-order valence-electron chi connectivity index (χ3n) is 5.24. The maximum atomic E-state index is 6.16. The van der Waals surface area contributed by atoms with Crippen molar-refractivity contribution in [2.24, 2.45) is 17.6 Å². The molecule has 1 aromatic rings. The summed E-state index contributed by atoms with van der Waals surface area (Å²) in [5.41, 5.74) is 7.57. The lowest BCUT2D eigenvalue weighted by molar-refractivity contribution is 0.0349. The zero-order valence-electron chi connectivity index (χ0n) is 12.9. The van der Waals surface area contributed by atoms with Gasteiger partial charge in [-0.1, -0.05) is 37.6 Å². The molecule has 0 spiro atoms. The van der Waals surface area contributed by atoms with E-state index in [-0.39, 0.29) is 5.54 Å². The van der Waals surface area contributed by atoms with Crippen molar-refractivity contribution in [3.63, 3.8) is 0 Å². The summed E-state index contributed by atoms with van der Waals surface area (Å²) < 4.78 is 0. The molecular weight excluding hydrogens is 268 g/mol. The average Bonchev–Trinajstić information content (AvgIpc) is 2.42. The molecule has 0 bridgehead atoms. The molecule has 0 aromatic heterocycles. The standard InChI is InChI=1S/C17H27ClN2/c1-13-7-8-17(12-19,10-14(13)2)20(3)11-15-5-4-6-16(18)9-15/h4-6,9,13-14H,7-8,10-12,19H2,1-3H3. The largest absolute Gasteiger partial charge is 0.329 e. The molecule has 1 aromatic carbocycles. The minimum Gasteiger partial charge on any atom is -0.329 e. The number of likely N-dealkylation sites (N-methyl/N-ethyl adjacent to an activating group) is 1. The highest BCUT2D eigenvalue weighted by Gasteiger charge is 2.39. The van der Waals surface area contributed by atoms with Gasteiger partial charge in [0.25, 0.3) is 0 Å². The van der Waals surface area contributed by atoms with E-state index >= 15 is 0 Å². The summed E-state index contributed by atoms with van der Waals surface area (Å²) in [5, 5.41) is 0.809. The molecular formula is C17H27ClN2. The first-order valence-corrected chi connectivity index (χ1v) is 8.00. The zero-order chi connectivity index (χ0) is 14.8. The molecule has 2 rings (SSSR count). The molecule has 1 saturated carbocycles. The fraction of sp³-hybridized carbons (Fsp3) is 0.647. The average molecular weight is 295 g/mol. The second-order valence-corrected chi connectivity index (χ2v) is 7.05. The molecule has 1 aliphatic rings. The highest BCUT2D eigenvalue weighted by atomic mass is 35.5. The Labute approximate surface area is 128 Å². The lowest BCUT2D eigenvalue weighted by Gasteiger charge is -2.48. The number of hydrogen-bond donors (Lipinski definition) is 1. The quantitative estimate of drug-likeness (QED) is 0.912. The monoisotopic (exact) mass is 294 g/mol. The van der Waals surface area contributed by atoms with Gasteiger partial charge in [0.05, 0.1) is 0 Å². The van der Waals surface area contributed by atoms with Gasteiger partial charge in [-0.2, -0.15) is 0 Å². The van der Waals surface area contributed by atoms with E-state index in [1.807, 2.05) is 12.1 Å². The summed E-state index contributed by atoms with van der Waals surface area (Å²) in [6, 6.07) is 8.14. The molecule has 1 fully saturated rings. The van der Waals surface area contributed by atoms with E-state index in [4.69, 9.17) is 17.3 Å². The van der Waals surface area contributed by atoms with E-state index in [1.54, 1.807) is 0 Å². The van der Waals surface area contributed by atoms with E-state index < -0.39 is 0 Å². The van der Waals surface area contributed by atoms with Gasteiger partial charge in [-0.3, -0.25) is 4.90 Å². The Kier molecular flexibility index (Phi) is 5.11. The number of benzene rings is 1. The molecule has 1 aliphatic carbocycles. The van der Waals surface area contributed by atoms with Crippen LogP contribution in [0.3, 0.4) is 0 Å². The number of hydrogen-bond acceptors (Lipinski definition) is 2. The van der Waals surface area contributed by atoms with Crippen LogP contribution in [0.15, 0.2) is 24.3 Å². The fourth-order valence-electron chi connectivity index (χ4n) is 3.45. The van der Waals surface area contributed by atoms with Crippen molar-refractivity contribution in [2.45, 2.75) is 45.2 Å². The Morgan fingerprint density at radius 2 is 2.10 bits per heavy atom. The molecule has 0 saturated heterocycles. The van der Waals surface area contributed by atoms with Gasteiger partial charge in [0, 0.05) is 23.7 Å². The predicted molar refractivity (Wildman–Crippen MR) is 86.9 cm³/mol. The van der Waals surface area contributed by atoms with Gasteiger partial charge in [-0.05, 0) is 55.8 Å². The van der Waals surface area contributed by atoms with Crippen LogP contribution in [0.25, 0.3) is 0 Å². The Balaban J connectivity index is 2.11. The minimum absolute atomic E-state index is 0.147. The Morgan fingerprint density at radius 3 is 2.70 bits per heavy atom. The molecule has 3 unspecified atom stereocenters. The fourth-order valence-corrected chi connectivity index (χ4v) is 3.66. The Bertz CT molecular complexity index is 448. The van der Waals surface area contributed by atoms with E-state index in [2.05, 4.69) is 37.9 Å². The van der Waals surface area contributed by atoms with Crippen LogP contribution in [-0.2, 0) is 6.54 Å². The number of nitrogens with zero attached hydrogens (tertiary/aromatic N) is 1. The summed E-state index contributed by atoms with van der Waals surface area (Å²) in [7, 11) is 2.20. The second-order valence-electron chi connectivity index (χ2n) is 6.61. The normalized spacial score (nSPS) is 30.7. The van der Waals surface area contributed by atoms with Crippen LogP contribution in [0.4, 0.5) is 0 Å². The second kappa shape index (κ2) is 6.46. The highest BCUT2D eigenvalue weighted by molar-refractivity contribution is 6.30. The molecule has 20 heavy (non-hydrogen) atoms. The van der Waals surface area contributed by atoms with Crippen molar-refractivity contribution >= 4 is 11.6 Å². The molecule has 3 heteroatoms. The van der Waals surface area contributed by atoms with Gasteiger partial charge in [0.15, 0.2) is 0 Å². The van der Waals surface area contributed by atoms with E-state index in [0.29, 0.717) is 0 Å². The van der Waals surface area contributed by atoms with Gasteiger partial charge in [-0.15, -0.1) is 0 Å². The van der Waals surface area contributed by atoms with Gasteiger partial charge in [0.1, 0.15) is 0 Å². The van der Waals surface area contributed by atoms with Crippen molar-refractivity contribution in [1.29, 1.82) is 0 Å². The maximum absolute atomic E-state index is 6.16. The highest BCUT2D eigenvalue weighted by Crippen LogP contribution is 2.39. The first-order chi connectivity index (χ1) is 9.47. The molecule has 2 nitrogen and oxygen atoms in total. The predicted octanol–water partition coefficient (Wildman–Crippen LogP) is 3.93. The Hall–Kier alpha value is -0.570.